The molecule has 0 atom stereocenters. The number of rotatable bonds is 2. The second kappa shape index (κ2) is 5.53. The smallest absolute Gasteiger partial charge is 0.385 e. The highest BCUT2D eigenvalue weighted by atomic mass is 35.5. The molecule has 0 amide bonds. The Morgan fingerprint density at radius 1 is 1.35 bits per heavy atom. The van der Waals surface area contributed by atoms with E-state index in [4.69, 9.17) is 11.6 Å². The third-order valence-corrected chi connectivity index (χ3v) is 4.44. The first-order valence-electron chi connectivity index (χ1n) is 6.73. The van der Waals surface area contributed by atoms with Crippen LogP contribution < -0.4 is 0 Å². The highest BCUT2D eigenvalue weighted by Crippen LogP contribution is 2.43. The Morgan fingerprint density at radius 2 is 1.95 bits per heavy atom. The molecule has 0 bridgehead atoms. The third-order valence-electron chi connectivity index (χ3n) is 4.15. The van der Waals surface area contributed by atoms with Gasteiger partial charge in [0.15, 0.2) is 0 Å². The molecule has 1 heterocycles. The van der Waals surface area contributed by atoms with Crippen LogP contribution in [0.1, 0.15) is 50.3 Å². The molecule has 1 fully saturated rings. The summed E-state index contributed by atoms with van der Waals surface area (Å²) in [5.41, 5.74) is -1.88. The molecular formula is C14H17ClF3NO. The number of hydrogen-bond donors (Lipinski definition) is 1. The summed E-state index contributed by atoms with van der Waals surface area (Å²) in [5.74, 6) is 0.566. The van der Waals surface area contributed by atoms with Crippen molar-refractivity contribution in [1.82, 2.24) is 4.98 Å². The average Bonchev–Trinajstić information content (AvgIpc) is 2.38. The van der Waals surface area contributed by atoms with Gasteiger partial charge in [-0.1, -0.05) is 31.0 Å². The lowest BCUT2D eigenvalue weighted by Gasteiger charge is -2.36. The van der Waals surface area contributed by atoms with Crippen LogP contribution in [0.5, 0.6) is 0 Å². The van der Waals surface area contributed by atoms with E-state index in [9.17, 15) is 18.3 Å². The number of aliphatic hydroxyl groups is 1. The van der Waals surface area contributed by atoms with Gasteiger partial charge in [0.05, 0.1) is 5.60 Å². The second-order valence-electron chi connectivity index (χ2n) is 5.42. The van der Waals surface area contributed by atoms with Gasteiger partial charge in [0, 0.05) is 5.56 Å². The van der Waals surface area contributed by atoms with Gasteiger partial charge in [0.25, 0.3) is 0 Å². The van der Waals surface area contributed by atoms with Gasteiger partial charge in [-0.05, 0) is 37.7 Å². The van der Waals surface area contributed by atoms with Gasteiger partial charge >= 0.3 is 6.18 Å². The summed E-state index contributed by atoms with van der Waals surface area (Å²) >= 11 is 5.86. The number of nitrogens with zero attached hydrogens (tertiary/aromatic N) is 1. The molecule has 1 aromatic heterocycles. The fraction of sp³-hybridized carbons (Fsp3) is 0.643. The van der Waals surface area contributed by atoms with Crippen molar-refractivity contribution in [2.45, 2.75) is 50.8 Å². The Labute approximate surface area is 121 Å². The molecule has 6 heteroatoms. The lowest BCUT2D eigenvalue weighted by Crippen LogP contribution is -2.32. The zero-order valence-electron chi connectivity index (χ0n) is 11.2. The molecule has 1 N–H and O–H groups in total. The molecular weight excluding hydrogens is 291 g/mol. The van der Waals surface area contributed by atoms with E-state index in [-0.39, 0.29) is 5.15 Å². The van der Waals surface area contributed by atoms with Gasteiger partial charge < -0.3 is 5.11 Å². The molecule has 0 aliphatic heterocycles. The van der Waals surface area contributed by atoms with Crippen molar-refractivity contribution in [1.29, 1.82) is 0 Å². The van der Waals surface area contributed by atoms with Gasteiger partial charge in [-0.15, -0.1) is 0 Å². The SMILES string of the molecule is CCC1CCC(O)(c2ccc(C(F)(F)F)nc2Cl)CC1. The van der Waals surface area contributed by atoms with Crippen molar-refractivity contribution in [3.8, 4) is 0 Å². The summed E-state index contributed by atoms with van der Waals surface area (Å²) in [6.07, 6.45) is -0.745. The lowest BCUT2D eigenvalue weighted by molar-refractivity contribution is -0.141. The number of pyridine rings is 1. The van der Waals surface area contributed by atoms with Gasteiger partial charge in [-0.3, -0.25) is 0 Å². The van der Waals surface area contributed by atoms with Crippen molar-refractivity contribution in [2.24, 2.45) is 5.92 Å². The predicted octanol–water partition coefficient (Wildman–Crippen LogP) is 4.54. The lowest BCUT2D eigenvalue weighted by atomic mass is 9.75. The van der Waals surface area contributed by atoms with Crippen molar-refractivity contribution < 1.29 is 18.3 Å². The summed E-state index contributed by atoms with van der Waals surface area (Å²) in [6, 6.07) is 2.13. The Hall–Kier alpha value is -0.810. The summed E-state index contributed by atoms with van der Waals surface area (Å²) in [6.45, 7) is 2.10. The molecule has 1 aromatic rings. The highest BCUT2D eigenvalue weighted by Gasteiger charge is 2.38. The van der Waals surface area contributed by atoms with Crippen LogP contribution in [0, 0.1) is 5.92 Å². The molecule has 0 radical (unpaired) electrons. The minimum absolute atomic E-state index is 0.253. The molecule has 20 heavy (non-hydrogen) atoms. The standard InChI is InChI=1S/C14H17ClF3NO/c1-2-9-5-7-13(20,8-6-9)10-3-4-11(14(16,17)18)19-12(10)15/h3-4,9,20H,2,5-8H2,1H3. The molecule has 0 unspecified atom stereocenters. The number of alkyl halides is 3. The van der Waals surface area contributed by atoms with Crippen molar-refractivity contribution in [3.63, 3.8) is 0 Å². The minimum atomic E-state index is -4.52. The molecule has 112 valence electrons. The van der Waals surface area contributed by atoms with Crippen LogP contribution in [0.3, 0.4) is 0 Å². The topological polar surface area (TPSA) is 33.1 Å². The summed E-state index contributed by atoms with van der Waals surface area (Å²) in [7, 11) is 0. The second-order valence-corrected chi connectivity index (χ2v) is 5.77. The zero-order chi connectivity index (χ0) is 15.0. The van der Waals surface area contributed by atoms with Crippen LogP contribution in [-0.4, -0.2) is 10.1 Å². The molecule has 2 rings (SSSR count). The molecule has 0 aromatic carbocycles. The van der Waals surface area contributed by atoms with Crippen LogP contribution in [0.15, 0.2) is 12.1 Å². The largest absolute Gasteiger partial charge is 0.433 e. The quantitative estimate of drug-likeness (QED) is 0.814. The normalized spacial score (nSPS) is 27.6. The van der Waals surface area contributed by atoms with Crippen molar-refractivity contribution in [2.75, 3.05) is 0 Å². The maximum absolute atomic E-state index is 12.6. The Kier molecular flexibility index (Phi) is 4.30. The van der Waals surface area contributed by atoms with Gasteiger partial charge in [0.2, 0.25) is 0 Å². The Balaban J connectivity index is 2.25. The summed E-state index contributed by atoms with van der Waals surface area (Å²) < 4.78 is 37.7. The van der Waals surface area contributed by atoms with E-state index in [1.54, 1.807) is 0 Å². The van der Waals surface area contributed by atoms with E-state index in [0.29, 0.717) is 24.3 Å². The van der Waals surface area contributed by atoms with Gasteiger partial charge in [0.1, 0.15) is 10.8 Å². The van der Waals surface area contributed by atoms with Crippen LogP contribution in [0.2, 0.25) is 5.15 Å². The van der Waals surface area contributed by atoms with Crippen LogP contribution in [0.25, 0.3) is 0 Å². The molecule has 2 nitrogen and oxygen atoms in total. The van der Waals surface area contributed by atoms with Crippen LogP contribution >= 0.6 is 11.6 Å². The number of aromatic nitrogens is 1. The fourth-order valence-electron chi connectivity index (χ4n) is 2.77. The van der Waals surface area contributed by atoms with E-state index in [2.05, 4.69) is 11.9 Å². The van der Waals surface area contributed by atoms with E-state index in [0.717, 1.165) is 25.3 Å². The molecule has 1 saturated carbocycles. The first-order valence-corrected chi connectivity index (χ1v) is 7.10. The van der Waals surface area contributed by atoms with E-state index in [1.165, 1.54) is 6.07 Å². The summed E-state index contributed by atoms with van der Waals surface area (Å²) in [4.78, 5) is 3.38. The maximum Gasteiger partial charge on any atom is 0.433 e. The van der Waals surface area contributed by atoms with Gasteiger partial charge in [-0.25, -0.2) is 4.98 Å². The van der Waals surface area contributed by atoms with Crippen LogP contribution in [-0.2, 0) is 11.8 Å². The molecule has 1 aliphatic carbocycles. The first-order chi connectivity index (χ1) is 9.26. The molecule has 0 saturated heterocycles. The first kappa shape index (κ1) is 15.6. The van der Waals surface area contributed by atoms with E-state index < -0.39 is 17.5 Å². The third kappa shape index (κ3) is 3.09. The monoisotopic (exact) mass is 307 g/mol. The van der Waals surface area contributed by atoms with Crippen LogP contribution in [0.4, 0.5) is 13.2 Å². The Morgan fingerprint density at radius 3 is 2.40 bits per heavy atom. The maximum atomic E-state index is 12.6. The fourth-order valence-corrected chi connectivity index (χ4v) is 3.10. The zero-order valence-corrected chi connectivity index (χ0v) is 11.9. The summed E-state index contributed by atoms with van der Waals surface area (Å²) in [5, 5.41) is 10.4. The number of halogens is 4. The minimum Gasteiger partial charge on any atom is -0.385 e. The molecule has 0 spiro atoms. The molecule has 1 aliphatic rings. The van der Waals surface area contributed by atoms with Crippen molar-refractivity contribution in [3.05, 3.63) is 28.5 Å². The average molecular weight is 308 g/mol. The number of hydrogen-bond acceptors (Lipinski definition) is 2. The van der Waals surface area contributed by atoms with Gasteiger partial charge in [-0.2, -0.15) is 13.2 Å². The van der Waals surface area contributed by atoms with Crippen molar-refractivity contribution >= 4 is 11.6 Å². The predicted molar refractivity (Wildman–Crippen MR) is 70.4 cm³/mol. The van der Waals surface area contributed by atoms with E-state index in [1.807, 2.05) is 0 Å². The highest BCUT2D eigenvalue weighted by molar-refractivity contribution is 6.30. The van der Waals surface area contributed by atoms with E-state index >= 15 is 0 Å². The Bertz CT molecular complexity index is 482.